The number of rotatable bonds is 5. The van der Waals surface area contributed by atoms with E-state index in [4.69, 9.17) is 15.4 Å². The van der Waals surface area contributed by atoms with E-state index < -0.39 is 26.1 Å². The molecule has 20 heavy (non-hydrogen) atoms. The SMILES string of the molecule is O=S(=O)(Cl)CC1(COc2cc(F)ccc2F)CCCC1. The van der Waals surface area contributed by atoms with Crippen LogP contribution in [0, 0.1) is 17.0 Å². The molecule has 0 N–H and O–H groups in total. The Bertz CT molecular complexity index is 583. The zero-order chi connectivity index (χ0) is 14.8. The van der Waals surface area contributed by atoms with Gasteiger partial charge in [-0.25, -0.2) is 17.2 Å². The molecule has 1 aliphatic rings. The van der Waals surface area contributed by atoms with E-state index in [-0.39, 0.29) is 18.1 Å². The van der Waals surface area contributed by atoms with Gasteiger partial charge in [0.25, 0.3) is 0 Å². The van der Waals surface area contributed by atoms with Gasteiger partial charge in [0, 0.05) is 22.2 Å². The number of hydrogen-bond acceptors (Lipinski definition) is 3. The molecule has 7 heteroatoms. The Hall–Kier alpha value is -0.880. The Balaban J connectivity index is 2.11. The van der Waals surface area contributed by atoms with Crippen LogP contribution in [0.1, 0.15) is 25.7 Å². The molecule has 1 aromatic carbocycles. The summed E-state index contributed by atoms with van der Waals surface area (Å²) in [5.74, 6) is -1.69. The van der Waals surface area contributed by atoms with Crippen molar-refractivity contribution in [1.29, 1.82) is 0 Å². The molecule has 0 heterocycles. The molecule has 0 spiro atoms. The first-order valence-corrected chi connectivity index (χ1v) is 8.78. The summed E-state index contributed by atoms with van der Waals surface area (Å²) in [6.45, 7) is 0.0132. The fourth-order valence-electron chi connectivity index (χ4n) is 2.64. The lowest BCUT2D eigenvalue weighted by Gasteiger charge is -2.27. The highest BCUT2D eigenvalue weighted by Gasteiger charge is 2.38. The van der Waals surface area contributed by atoms with Crippen LogP contribution in [0.5, 0.6) is 5.75 Å². The van der Waals surface area contributed by atoms with E-state index >= 15 is 0 Å². The standard InChI is InChI=1S/C13H15ClF2O3S/c14-20(17,18)9-13(5-1-2-6-13)8-19-12-7-10(15)3-4-11(12)16/h3-4,7H,1-2,5-6,8-9H2. The summed E-state index contributed by atoms with van der Waals surface area (Å²) >= 11 is 0. The lowest BCUT2D eigenvalue weighted by Crippen LogP contribution is -2.32. The van der Waals surface area contributed by atoms with Crippen molar-refractivity contribution < 1.29 is 21.9 Å². The Labute approximate surface area is 121 Å². The molecule has 3 nitrogen and oxygen atoms in total. The van der Waals surface area contributed by atoms with Crippen molar-refractivity contribution in [3.05, 3.63) is 29.8 Å². The highest BCUT2D eigenvalue weighted by atomic mass is 35.7. The normalized spacial score (nSPS) is 18.1. The van der Waals surface area contributed by atoms with Crippen molar-refractivity contribution in [2.24, 2.45) is 5.41 Å². The second-order valence-corrected chi connectivity index (χ2v) is 8.03. The van der Waals surface area contributed by atoms with Crippen LogP contribution in [0.25, 0.3) is 0 Å². The Morgan fingerprint density at radius 3 is 2.50 bits per heavy atom. The van der Waals surface area contributed by atoms with Gasteiger partial charge >= 0.3 is 0 Å². The number of hydrogen-bond donors (Lipinski definition) is 0. The second kappa shape index (κ2) is 5.85. The van der Waals surface area contributed by atoms with Gasteiger partial charge in [0.2, 0.25) is 9.05 Å². The van der Waals surface area contributed by atoms with Crippen LogP contribution >= 0.6 is 10.7 Å². The van der Waals surface area contributed by atoms with Crippen molar-refractivity contribution >= 4 is 19.7 Å². The molecular weight excluding hydrogens is 310 g/mol. The van der Waals surface area contributed by atoms with E-state index in [9.17, 15) is 17.2 Å². The average Bonchev–Trinajstić information content (AvgIpc) is 2.77. The molecule has 1 fully saturated rings. The first-order valence-electron chi connectivity index (χ1n) is 6.30. The number of ether oxygens (including phenoxy) is 1. The zero-order valence-electron chi connectivity index (χ0n) is 10.7. The smallest absolute Gasteiger partial charge is 0.233 e. The summed E-state index contributed by atoms with van der Waals surface area (Å²) < 4.78 is 54.4. The maximum Gasteiger partial charge on any atom is 0.233 e. The molecule has 0 aliphatic heterocycles. The van der Waals surface area contributed by atoms with E-state index in [0.29, 0.717) is 12.8 Å². The molecule has 0 atom stereocenters. The molecule has 0 bridgehead atoms. The third-order valence-corrected chi connectivity index (χ3v) is 4.85. The molecule has 0 amide bonds. The van der Waals surface area contributed by atoms with Gasteiger partial charge in [0.05, 0.1) is 12.4 Å². The molecule has 1 saturated carbocycles. The minimum atomic E-state index is -3.66. The van der Waals surface area contributed by atoms with Gasteiger partial charge in [-0.05, 0) is 25.0 Å². The van der Waals surface area contributed by atoms with Crippen LogP contribution in [0.3, 0.4) is 0 Å². The second-order valence-electron chi connectivity index (χ2n) is 5.25. The van der Waals surface area contributed by atoms with Gasteiger partial charge in [-0.2, -0.15) is 0 Å². The number of halogens is 3. The highest BCUT2D eigenvalue weighted by molar-refractivity contribution is 8.13. The van der Waals surface area contributed by atoms with Crippen LogP contribution in [0.2, 0.25) is 0 Å². The Morgan fingerprint density at radius 2 is 1.90 bits per heavy atom. The minimum absolute atomic E-state index is 0.0132. The van der Waals surface area contributed by atoms with Gasteiger partial charge in [-0.15, -0.1) is 0 Å². The van der Waals surface area contributed by atoms with Gasteiger partial charge in [0.1, 0.15) is 5.82 Å². The largest absolute Gasteiger partial charge is 0.490 e. The predicted octanol–water partition coefficient (Wildman–Crippen LogP) is 3.47. The molecule has 0 aromatic heterocycles. The molecule has 1 aliphatic carbocycles. The first kappa shape index (κ1) is 15.5. The molecule has 0 unspecified atom stereocenters. The fraction of sp³-hybridized carbons (Fsp3) is 0.538. The van der Waals surface area contributed by atoms with Crippen LogP contribution in [-0.4, -0.2) is 20.8 Å². The van der Waals surface area contributed by atoms with Crippen LogP contribution in [0.15, 0.2) is 18.2 Å². The Morgan fingerprint density at radius 1 is 1.25 bits per heavy atom. The van der Waals surface area contributed by atoms with Gasteiger partial charge in [0.15, 0.2) is 11.6 Å². The van der Waals surface area contributed by atoms with E-state index in [1.165, 1.54) is 0 Å². The quantitative estimate of drug-likeness (QED) is 0.779. The topological polar surface area (TPSA) is 43.4 Å². The summed E-state index contributed by atoms with van der Waals surface area (Å²) in [4.78, 5) is 0. The van der Waals surface area contributed by atoms with Gasteiger partial charge in [-0.3, -0.25) is 0 Å². The van der Waals surface area contributed by atoms with Crippen molar-refractivity contribution in [2.45, 2.75) is 25.7 Å². The molecule has 0 radical (unpaired) electrons. The van der Waals surface area contributed by atoms with Crippen molar-refractivity contribution in [1.82, 2.24) is 0 Å². The highest BCUT2D eigenvalue weighted by Crippen LogP contribution is 2.40. The van der Waals surface area contributed by atoms with Crippen LogP contribution in [-0.2, 0) is 9.05 Å². The third-order valence-electron chi connectivity index (χ3n) is 3.57. The lowest BCUT2D eigenvalue weighted by atomic mass is 9.90. The van der Waals surface area contributed by atoms with Crippen molar-refractivity contribution in [3.63, 3.8) is 0 Å². The summed E-state index contributed by atoms with van der Waals surface area (Å²) in [7, 11) is 1.66. The van der Waals surface area contributed by atoms with Crippen molar-refractivity contribution in [3.8, 4) is 5.75 Å². The zero-order valence-corrected chi connectivity index (χ0v) is 12.3. The van der Waals surface area contributed by atoms with Crippen molar-refractivity contribution in [2.75, 3.05) is 12.4 Å². The third kappa shape index (κ3) is 4.06. The number of benzene rings is 1. The maximum atomic E-state index is 13.5. The van der Waals surface area contributed by atoms with Crippen LogP contribution in [0.4, 0.5) is 8.78 Å². The minimum Gasteiger partial charge on any atom is -0.490 e. The molecular formula is C13H15ClF2O3S. The molecule has 2 rings (SSSR count). The van der Waals surface area contributed by atoms with E-state index in [1.54, 1.807) is 0 Å². The van der Waals surface area contributed by atoms with Gasteiger partial charge in [-0.1, -0.05) is 12.8 Å². The fourth-order valence-corrected chi connectivity index (χ4v) is 4.44. The van der Waals surface area contributed by atoms with Gasteiger partial charge < -0.3 is 4.74 Å². The monoisotopic (exact) mass is 324 g/mol. The van der Waals surface area contributed by atoms with E-state index in [0.717, 1.165) is 31.0 Å². The van der Waals surface area contributed by atoms with Crippen LogP contribution < -0.4 is 4.74 Å². The molecule has 1 aromatic rings. The average molecular weight is 325 g/mol. The molecule has 112 valence electrons. The first-order chi connectivity index (χ1) is 9.30. The summed E-state index contributed by atoms with van der Waals surface area (Å²) in [5.41, 5.74) is -0.612. The summed E-state index contributed by atoms with van der Waals surface area (Å²) in [5, 5.41) is 0. The maximum absolute atomic E-state index is 13.5. The van der Waals surface area contributed by atoms with E-state index in [1.807, 2.05) is 0 Å². The Kier molecular flexibility index (Phi) is 4.54. The predicted molar refractivity (Wildman–Crippen MR) is 72.4 cm³/mol. The van der Waals surface area contributed by atoms with E-state index in [2.05, 4.69) is 0 Å². The summed E-state index contributed by atoms with van der Waals surface area (Å²) in [6.07, 6.45) is 3.05. The lowest BCUT2D eigenvalue weighted by molar-refractivity contribution is 0.165. The summed E-state index contributed by atoms with van der Waals surface area (Å²) in [6, 6.07) is 2.92. The molecule has 0 saturated heterocycles.